The second kappa shape index (κ2) is 4.46. The molecule has 2 heterocycles. The molecule has 1 aromatic rings. The van der Waals surface area contributed by atoms with E-state index in [-0.39, 0.29) is 5.82 Å². The number of halogens is 2. The smallest absolute Gasteiger partial charge is 0.124 e. The highest BCUT2D eigenvalue weighted by Gasteiger charge is 2.31. The van der Waals surface area contributed by atoms with Crippen LogP contribution in [-0.4, -0.2) is 37.1 Å². The summed E-state index contributed by atoms with van der Waals surface area (Å²) in [6, 6.07) is 5.34. The summed E-state index contributed by atoms with van der Waals surface area (Å²) in [5, 5.41) is 0.524. The Bertz CT molecular complexity index is 424. The topological polar surface area (TPSA) is 6.48 Å². The van der Waals surface area contributed by atoms with Crippen LogP contribution in [0.2, 0.25) is 5.02 Å². The van der Waals surface area contributed by atoms with Crippen LogP contribution in [-0.2, 0) is 0 Å². The lowest BCUT2D eigenvalue weighted by Gasteiger charge is -2.39. The molecule has 0 N–H and O–H groups in total. The maximum Gasteiger partial charge on any atom is 0.124 e. The van der Waals surface area contributed by atoms with Gasteiger partial charge in [-0.15, -0.1) is 0 Å². The molecule has 0 aromatic heterocycles. The van der Waals surface area contributed by atoms with Crippen LogP contribution in [0.25, 0.3) is 0 Å². The van der Waals surface area contributed by atoms with E-state index >= 15 is 0 Å². The minimum Gasteiger partial charge on any atom is -0.367 e. The van der Waals surface area contributed by atoms with Crippen LogP contribution in [0.1, 0.15) is 12.8 Å². The molecule has 2 aliphatic heterocycles. The predicted octanol–water partition coefficient (Wildman–Crippen LogP) is 2.76. The van der Waals surface area contributed by atoms with Gasteiger partial charge < -0.3 is 4.90 Å². The van der Waals surface area contributed by atoms with Gasteiger partial charge in [0.05, 0.1) is 10.7 Å². The average molecular weight is 255 g/mol. The Morgan fingerprint density at radius 3 is 2.94 bits per heavy atom. The fraction of sp³-hybridized carbons (Fsp3) is 0.538. The Balaban J connectivity index is 1.80. The molecule has 1 unspecified atom stereocenters. The molecule has 2 nitrogen and oxygen atoms in total. The van der Waals surface area contributed by atoms with Gasteiger partial charge in [0.25, 0.3) is 0 Å². The Kier molecular flexibility index (Phi) is 2.97. The van der Waals surface area contributed by atoms with Crippen molar-refractivity contribution >= 4 is 17.3 Å². The Morgan fingerprint density at radius 1 is 1.24 bits per heavy atom. The van der Waals surface area contributed by atoms with Gasteiger partial charge in [0.15, 0.2) is 0 Å². The zero-order chi connectivity index (χ0) is 11.8. The van der Waals surface area contributed by atoms with Gasteiger partial charge in [-0.1, -0.05) is 11.6 Å². The van der Waals surface area contributed by atoms with Crippen LogP contribution in [0.5, 0.6) is 0 Å². The molecule has 2 aliphatic rings. The third-order valence-corrected chi connectivity index (χ3v) is 4.14. The summed E-state index contributed by atoms with van der Waals surface area (Å²) in [5.41, 5.74) is 0.972. The third kappa shape index (κ3) is 2.14. The monoisotopic (exact) mass is 254 g/mol. The fourth-order valence-corrected chi connectivity index (χ4v) is 3.23. The second-order valence-corrected chi connectivity index (χ2v) is 5.28. The van der Waals surface area contributed by atoms with Crippen molar-refractivity contribution < 1.29 is 4.39 Å². The fourth-order valence-electron chi connectivity index (χ4n) is 2.95. The number of rotatable bonds is 1. The summed E-state index contributed by atoms with van der Waals surface area (Å²) in [6.45, 7) is 4.33. The molecular formula is C13H16ClFN2. The van der Waals surface area contributed by atoms with Gasteiger partial charge in [0.1, 0.15) is 5.82 Å². The van der Waals surface area contributed by atoms with Gasteiger partial charge in [-0.3, -0.25) is 4.90 Å². The van der Waals surface area contributed by atoms with E-state index in [4.69, 9.17) is 11.6 Å². The Labute approximate surface area is 106 Å². The molecular weight excluding hydrogens is 239 g/mol. The maximum absolute atomic E-state index is 13.0. The normalized spacial score (nSPS) is 25.1. The van der Waals surface area contributed by atoms with Crippen LogP contribution in [0, 0.1) is 5.82 Å². The highest BCUT2D eigenvalue weighted by atomic mass is 35.5. The number of fused-ring (bicyclic) bond motifs is 1. The first kappa shape index (κ1) is 11.3. The predicted molar refractivity (Wildman–Crippen MR) is 68.2 cm³/mol. The number of hydrogen-bond acceptors (Lipinski definition) is 2. The SMILES string of the molecule is Fc1ccc(N2CCN3CCCC3C2)c(Cl)c1. The van der Waals surface area contributed by atoms with E-state index in [9.17, 15) is 4.39 Å². The number of nitrogens with zero attached hydrogens (tertiary/aromatic N) is 2. The molecule has 17 heavy (non-hydrogen) atoms. The Hall–Kier alpha value is -0.800. The van der Waals surface area contributed by atoms with Crippen LogP contribution in [0.4, 0.5) is 10.1 Å². The second-order valence-electron chi connectivity index (χ2n) is 4.87. The zero-order valence-corrected chi connectivity index (χ0v) is 10.5. The maximum atomic E-state index is 13.0. The van der Waals surface area contributed by atoms with Gasteiger partial charge in [-0.05, 0) is 37.6 Å². The lowest BCUT2D eigenvalue weighted by molar-refractivity contribution is 0.231. The van der Waals surface area contributed by atoms with Crippen LogP contribution in [0.15, 0.2) is 18.2 Å². The molecule has 92 valence electrons. The van der Waals surface area contributed by atoms with Crippen molar-refractivity contribution in [1.29, 1.82) is 0 Å². The van der Waals surface area contributed by atoms with Crippen molar-refractivity contribution in [3.63, 3.8) is 0 Å². The zero-order valence-electron chi connectivity index (χ0n) is 9.70. The highest BCUT2D eigenvalue weighted by Crippen LogP contribution is 2.30. The number of anilines is 1. The summed E-state index contributed by atoms with van der Waals surface area (Å²) in [6.07, 6.45) is 2.57. The number of benzene rings is 1. The van der Waals surface area contributed by atoms with Gasteiger partial charge in [-0.25, -0.2) is 4.39 Å². The van der Waals surface area contributed by atoms with Crippen LogP contribution in [0.3, 0.4) is 0 Å². The first-order chi connectivity index (χ1) is 8.24. The van der Waals surface area contributed by atoms with Crippen molar-refractivity contribution in [2.24, 2.45) is 0 Å². The molecule has 0 spiro atoms. The average Bonchev–Trinajstić information content (AvgIpc) is 2.75. The summed E-state index contributed by atoms with van der Waals surface area (Å²) >= 11 is 6.11. The van der Waals surface area contributed by atoms with Gasteiger partial charge in [0, 0.05) is 25.7 Å². The van der Waals surface area contributed by atoms with Crippen molar-refractivity contribution in [1.82, 2.24) is 4.90 Å². The number of piperazine rings is 1. The molecule has 0 radical (unpaired) electrons. The van der Waals surface area contributed by atoms with E-state index in [1.165, 1.54) is 31.5 Å². The first-order valence-electron chi connectivity index (χ1n) is 6.18. The molecule has 1 aromatic carbocycles. The van der Waals surface area contributed by atoms with E-state index in [1.807, 2.05) is 0 Å². The van der Waals surface area contributed by atoms with Crippen LogP contribution >= 0.6 is 11.6 Å². The van der Waals surface area contributed by atoms with E-state index < -0.39 is 0 Å². The van der Waals surface area contributed by atoms with Crippen LogP contribution < -0.4 is 4.90 Å². The quantitative estimate of drug-likeness (QED) is 0.760. The van der Waals surface area contributed by atoms with Crippen molar-refractivity contribution in [2.75, 3.05) is 31.1 Å². The third-order valence-electron chi connectivity index (χ3n) is 3.84. The van der Waals surface area contributed by atoms with Crippen molar-refractivity contribution in [3.8, 4) is 0 Å². The van der Waals surface area contributed by atoms with Crippen molar-refractivity contribution in [3.05, 3.63) is 29.0 Å². The van der Waals surface area contributed by atoms with Gasteiger partial charge in [0.2, 0.25) is 0 Å². The van der Waals surface area contributed by atoms with E-state index in [0.29, 0.717) is 11.1 Å². The first-order valence-corrected chi connectivity index (χ1v) is 6.56. The minimum absolute atomic E-state index is 0.266. The molecule has 0 bridgehead atoms. The molecule has 0 aliphatic carbocycles. The van der Waals surface area contributed by atoms with Crippen molar-refractivity contribution in [2.45, 2.75) is 18.9 Å². The molecule has 2 saturated heterocycles. The summed E-state index contributed by atoms with van der Waals surface area (Å²) < 4.78 is 13.0. The standard InChI is InChI=1S/C13H16ClFN2/c14-12-8-10(15)3-4-13(12)17-7-6-16-5-1-2-11(16)9-17/h3-4,8,11H,1-2,5-7,9H2. The minimum atomic E-state index is -0.266. The number of hydrogen-bond donors (Lipinski definition) is 0. The Morgan fingerprint density at radius 2 is 2.12 bits per heavy atom. The van der Waals surface area contributed by atoms with E-state index in [2.05, 4.69) is 9.80 Å². The molecule has 0 amide bonds. The van der Waals surface area contributed by atoms with E-state index in [1.54, 1.807) is 6.07 Å². The van der Waals surface area contributed by atoms with Gasteiger partial charge in [-0.2, -0.15) is 0 Å². The summed E-state index contributed by atoms with van der Waals surface area (Å²) in [7, 11) is 0. The molecule has 0 saturated carbocycles. The molecule has 3 rings (SSSR count). The molecule has 4 heteroatoms. The summed E-state index contributed by atoms with van der Waals surface area (Å²) in [4.78, 5) is 4.84. The lowest BCUT2D eigenvalue weighted by Crippen LogP contribution is -2.50. The summed E-state index contributed by atoms with van der Waals surface area (Å²) in [5.74, 6) is -0.266. The molecule has 2 fully saturated rings. The lowest BCUT2D eigenvalue weighted by atomic mass is 10.1. The highest BCUT2D eigenvalue weighted by molar-refractivity contribution is 6.33. The largest absolute Gasteiger partial charge is 0.367 e. The van der Waals surface area contributed by atoms with Gasteiger partial charge >= 0.3 is 0 Å². The van der Waals surface area contributed by atoms with E-state index in [0.717, 1.165) is 25.3 Å². The molecule has 1 atom stereocenters.